The van der Waals surface area contributed by atoms with Crippen LogP contribution in [0.3, 0.4) is 0 Å². The summed E-state index contributed by atoms with van der Waals surface area (Å²) in [7, 11) is 0. The molecule has 4 heterocycles. The van der Waals surface area contributed by atoms with Crippen molar-refractivity contribution in [2.45, 2.75) is 38.5 Å². The molecular weight excluding hydrogens is 392 g/mol. The number of aryl methyl sites for hydroxylation is 1. The average molecular weight is 417 g/mol. The zero-order chi connectivity index (χ0) is 20.2. The van der Waals surface area contributed by atoms with Crippen LogP contribution >= 0.6 is 11.6 Å². The fourth-order valence-electron chi connectivity index (χ4n) is 3.18. The van der Waals surface area contributed by atoms with Gasteiger partial charge in [0.1, 0.15) is 5.75 Å². The van der Waals surface area contributed by atoms with E-state index in [2.05, 4.69) is 31.2 Å². The predicted molar refractivity (Wildman–Crippen MR) is 111 cm³/mol. The van der Waals surface area contributed by atoms with Crippen LogP contribution < -0.4 is 26.0 Å². The van der Waals surface area contributed by atoms with Gasteiger partial charge in [0, 0.05) is 25.2 Å². The Hall–Kier alpha value is -2.42. The topological polar surface area (TPSA) is 100 Å². The Labute approximate surface area is 174 Å². The molecule has 0 aliphatic carbocycles. The van der Waals surface area contributed by atoms with Crippen LogP contribution in [-0.2, 0) is 6.42 Å². The molecule has 29 heavy (non-hydrogen) atoms. The maximum Gasteiger partial charge on any atom is 0.254 e. The molecule has 4 N–H and O–H groups in total. The number of nitrogens with zero attached hydrogens (tertiary/aromatic N) is 2. The lowest BCUT2D eigenvalue weighted by Gasteiger charge is -2.28. The number of pyridine rings is 2. The molecule has 9 heteroatoms. The lowest BCUT2D eigenvalue weighted by Crippen LogP contribution is -2.46. The number of hydrogen-bond acceptors (Lipinski definition) is 7. The Morgan fingerprint density at radius 2 is 2.03 bits per heavy atom. The van der Waals surface area contributed by atoms with Gasteiger partial charge in [-0.1, -0.05) is 11.6 Å². The number of amides is 1. The summed E-state index contributed by atoms with van der Waals surface area (Å²) in [6, 6.07) is 4.21. The van der Waals surface area contributed by atoms with Gasteiger partial charge in [0.15, 0.2) is 11.4 Å². The van der Waals surface area contributed by atoms with Gasteiger partial charge in [0.25, 0.3) is 5.91 Å². The third-order valence-corrected chi connectivity index (χ3v) is 5.50. The molecule has 0 aromatic carbocycles. The quantitative estimate of drug-likeness (QED) is 0.385. The molecule has 2 fully saturated rings. The van der Waals surface area contributed by atoms with Crippen molar-refractivity contribution in [3.05, 3.63) is 46.5 Å². The molecule has 2 unspecified atom stereocenters. The average Bonchev–Trinajstić information content (AvgIpc) is 2.64. The minimum absolute atomic E-state index is 0.00543. The van der Waals surface area contributed by atoms with Crippen molar-refractivity contribution in [2.24, 2.45) is 0 Å². The lowest BCUT2D eigenvalue weighted by atomic mass is 9.99. The molecule has 8 nitrogen and oxygen atoms in total. The molecule has 0 radical (unpaired) electrons. The fraction of sp³-hybridized carbons (Fsp3) is 0.450. The number of rotatable bonds is 8. The Bertz CT molecular complexity index is 885. The zero-order valence-corrected chi connectivity index (χ0v) is 17.1. The summed E-state index contributed by atoms with van der Waals surface area (Å²) in [4.78, 5) is 21.1. The van der Waals surface area contributed by atoms with Crippen LogP contribution in [0.1, 0.15) is 34.5 Å². The van der Waals surface area contributed by atoms with Crippen LogP contribution in [0.25, 0.3) is 0 Å². The van der Waals surface area contributed by atoms with Crippen LogP contribution in [0.5, 0.6) is 5.75 Å². The highest BCUT2D eigenvalue weighted by Gasteiger charge is 2.20. The number of carbonyl (C=O) groups is 1. The number of ether oxygens (including phenoxy) is 1. The van der Waals surface area contributed by atoms with Crippen molar-refractivity contribution in [1.29, 1.82) is 0 Å². The Kier molecular flexibility index (Phi) is 6.13. The molecular formula is C20H25ClN6O2. The summed E-state index contributed by atoms with van der Waals surface area (Å²) in [6.07, 6.45) is 6.47. The monoisotopic (exact) mass is 416 g/mol. The van der Waals surface area contributed by atoms with E-state index in [-0.39, 0.29) is 18.8 Å². The van der Waals surface area contributed by atoms with E-state index in [1.807, 2.05) is 6.07 Å². The third-order valence-electron chi connectivity index (χ3n) is 5.19. The number of anilines is 1. The number of carbonyl (C=O) groups excluding carboxylic acids is 1. The molecule has 1 amide bonds. The van der Waals surface area contributed by atoms with Crippen LogP contribution in [0.2, 0.25) is 5.15 Å². The number of aromatic nitrogens is 2. The van der Waals surface area contributed by atoms with E-state index in [4.69, 9.17) is 16.3 Å². The second-order valence-corrected chi connectivity index (χ2v) is 7.70. The van der Waals surface area contributed by atoms with E-state index >= 15 is 0 Å². The Morgan fingerprint density at radius 1 is 1.24 bits per heavy atom. The Morgan fingerprint density at radius 3 is 2.72 bits per heavy atom. The van der Waals surface area contributed by atoms with Crippen molar-refractivity contribution in [2.75, 3.05) is 25.1 Å². The molecule has 0 saturated carbocycles. The highest BCUT2D eigenvalue weighted by molar-refractivity contribution is 6.32. The maximum atomic E-state index is 12.6. The molecule has 2 aliphatic rings. The Balaban J connectivity index is 1.33. The number of hydrogen-bond donors (Lipinski definition) is 4. The summed E-state index contributed by atoms with van der Waals surface area (Å²) >= 11 is 6.19. The van der Waals surface area contributed by atoms with Crippen molar-refractivity contribution in [1.82, 2.24) is 25.9 Å². The molecule has 2 aliphatic heterocycles. The predicted octanol–water partition coefficient (Wildman–Crippen LogP) is 1.84. The molecule has 0 bridgehead atoms. The molecule has 154 valence electrons. The normalized spacial score (nSPS) is 20.3. The largest absolute Gasteiger partial charge is 0.474 e. The minimum Gasteiger partial charge on any atom is -0.474 e. The van der Waals surface area contributed by atoms with Gasteiger partial charge in [-0.15, -0.1) is 0 Å². The van der Waals surface area contributed by atoms with Crippen LogP contribution in [0, 0.1) is 6.92 Å². The van der Waals surface area contributed by atoms with Crippen molar-refractivity contribution >= 4 is 23.2 Å². The first-order valence-corrected chi connectivity index (χ1v) is 10.2. The van der Waals surface area contributed by atoms with Gasteiger partial charge in [-0.3, -0.25) is 15.1 Å². The van der Waals surface area contributed by atoms with Crippen LogP contribution in [0.15, 0.2) is 24.5 Å². The van der Waals surface area contributed by atoms with E-state index in [0.717, 1.165) is 31.5 Å². The van der Waals surface area contributed by atoms with Crippen molar-refractivity contribution in [3.8, 4) is 5.75 Å². The van der Waals surface area contributed by atoms with E-state index in [1.165, 1.54) is 6.42 Å². The summed E-state index contributed by atoms with van der Waals surface area (Å²) < 4.78 is 5.74. The molecule has 2 atom stereocenters. The highest BCUT2D eigenvalue weighted by atomic mass is 35.5. The summed E-state index contributed by atoms with van der Waals surface area (Å²) in [5.74, 6) is 0.351. The standard InChI is InChI=1S/C20H25ClN6O2/c1-12-16(8-15(10-24-12)29-18-3-5-23-18)20(28)27-11-26-17-7-13(9-25-19(17)21)6-14-2-4-22-14/h7-10,14,18,22-23,26H,2-6,11H2,1H3,(H,27,28). The highest BCUT2D eigenvalue weighted by Crippen LogP contribution is 2.22. The van der Waals surface area contributed by atoms with Crippen LogP contribution in [0.4, 0.5) is 5.69 Å². The van der Waals surface area contributed by atoms with E-state index in [9.17, 15) is 4.79 Å². The SMILES string of the molecule is Cc1ncc(OC2CCN2)cc1C(=O)NCNc1cc(CC2CCN2)cnc1Cl. The van der Waals surface area contributed by atoms with E-state index in [1.54, 1.807) is 25.4 Å². The lowest BCUT2D eigenvalue weighted by molar-refractivity contribution is 0.0935. The summed E-state index contributed by atoms with van der Waals surface area (Å²) in [6.45, 7) is 4.03. The van der Waals surface area contributed by atoms with Gasteiger partial charge in [-0.05, 0) is 44.0 Å². The second kappa shape index (κ2) is 8.94. The zero-order valence-electron chi connectivity index (χ0n) is 16.3. The van der Waals surface area contributed by atoms with E-state index < -0.39 is 0 Å². The first-order valence-electron chi connectivity index (χ1n) is 9.85. The van der Waals surface area contributed by atoms with E-state index in [0.29, 0.717) is 33.9 Å². The fourth-order valence-corrected chi connectivity index (χ4v) is 3.35. The molecule has 0 spiro atoms. The number of nitrogens with one attached hydrogen (secondary N) is 4. The molecule has 2 aromatic rings. The third kappa shape index (κ3) is 4.95. The van der Waals surface area contributed by atoms with Crippen molar-refractivity contribution in [3.63, 3.8) is 0 Å². The van der Waals surface area contributed by atoms with Gasteiger partial charge in [-0.25, -0.2) is 4.98 Å². The molecule has 2 saturated heterocycles. The first-order chi connectivity index (χ1) is 14.1. The smallest absolute Gasteiger partial charge is 0.254 e. The number of halogens is 1. The van der Waals surface area contributed by atoms with Gasteiger partial charge in [0.05, 0.1) is 29.8 Å². The summed E-state index contributed by atoms with van der Waals surface area (Å²) in [5, 5.41) is 12.9. The van der Waals surface area contributed by atoms with Crippen LogP contribution in [-0.4, -0.2) is 47.9 Å². The second-order valence-electron chi connectivity index (χ2n) is 7.34. The maximum absolute atomic E-state index is 12.6. The first kappa shape index (κ1) is 19.9. The van der Waals surface area contributed by atoms with Crippen molar-refractivity contribution < 1.29 is 9.53 Å². The minimum atomic E-state index is -0.228. The van der Waals surface area contributed by atoms with Gasteiger partial charge in [0.2, 0.25) is 0 Å². The summed E-state index contributed by atoms with van der Waals surface area (Å²) in [5.41, 5.74) is 2.94. The van der Waals surface area contributed by atoms with Gasteiger partial charge in [-0.2, -0.15) is 0 Å². The molecule has 4 rings (SSSR count). The molecule has 2 aromatic heterocycles. The van der Waals surface area contributed by atoms with Gasteiger partial charge >= 0.3 is 0 Å². The van der Waals surface area contributed by atoms with Gasteiger partial charge < -0.3 is 20.7 Å².